The van der Waals surface area contributed by atoms with Crippen LogP contribution < -0.4 is 9.47 Å². The van der Waals surface area contributed by atoms with Gasteiger partial charge < -0.3 is 14.6 Å². The fourth-order valence-electron chi connectivity index (χ4n) is 2.24. The van der Waals surface area contributed by atoms with Crippen LogP contribution in [0.1, 0.15) is 17.2 Å². The van der Waals surface area contributed by atoms with Crippen molar-refractivity contribution in [3.05, 3.63) is 59.4 Å². The predicted molar refractivity (Wildman–Crippen MR) is 72.4 cm³/mol. The molecular weight excluding hydrogens is 259 g/mol. The van der Waals surface area contributed by atoms with Gasteiger partial charge in [0.15, 0.2) is 6.10 Å². The van der Waals surface area contributed by atoms with Crippen molar-refractivity contribution in [1.29, 1.82) is 0 Å². The molecule has 1 aliphatic heterocycles. The first kappa shape index (κ1) is 12.9. The Hall–Kier alpha value is -2.07. The van der Waals surface area contributed by atoms with Crippen LogP contribution in [-0.2, 0) is 0 Å². The van der Waals surface area contributed by atoms with Gasteiger partial charge in [0.05, 0.1) is 0 Å². The standard InChI is InChI=1S/C16H15FO3/c1-10-6-7-11(8-13(10)17)20-15-9-19-14-5-3-2-4-12(14)16(15)18/h2-8,15-16,18H,9H2,1H3. The maximum absolute atomic E-state index is 13.5. The Labute approximate surface area is 116 Å². The van der Waals surface area contributed by atoms with E-state index in [2.05, 4.69) is 0 Å². The largest absolute Gasteiger partial charge is 0.489 e. The van der Waals surface area contributed by atoms with E-state index >= 15 is 0 Å². The molecule has 2 atom stereocenters. The van der Waals surface area contributed by atoms with Gasteiger partial charge in [-0.3, -0.25) is 0 Å². The highest BCUT2D eigenvalue weighted by atomic mass is 19.1. The van der Waals surface area contributed by atoms with Gasteiger partial charge in [-0.15, -0.1) is 0 Å². The Balaban J connectivity index is 1.81. The van der Waals surface area contributed by atoms with E-state index in [0.29, 0.717) is 22.6 Å². The predicted octanol–water partition coefficient (Wildman–Crippen LogP) is 3.01. The van der Waals surface area contributed by atoms with Crippen LogP contribution in [0.3, 0.4) is 0 Å². The number of aryl methyl sites for hydroxylation is 1. The SMILES string of the molecule is Cc1ccc(OC2COc3ccccc3C2O)cc1F. The molecule has 0 radical (unpaired) electrons. The van der Waals surface area contributed by atoms with Gasteiger partial charge in [-0.05, 0) is 24.6 Å². The van der Waals surface area contributed by atoms with Crippen molar-refractivity contribution in [1.82, 2.24) is 0 Å². The number of fused-ring (bicyclic) bond motifs is 1. The molecule has 0 saturated heterocycles. The molecule has 2 aromatic rings. The molecule has 1 aliphatic rings. The monoisotopic (exact) mass is 274 g/mol. The summed E-state index contributed by atoms with van der Waals surface area (Å²) in [5, 5.41) is 10.3. The number of para-hydroxylation sites is 1. The second-order valence-corrected chi connectivity index (χ2v) is 4.86. The zero-order valence-electron chi connectivity index (χ0n) is 11.0. The fraction of sp³-hybridized carbons (Fsp3) is 0.250. The molecule has 0 bridgehead atoms. The number of rotatable bonds is 2. The van der Waals surface area contributed by atoms with Gasteiger partial charge in [0, 0.05) is 11.6 Å². The van der Waals surface area contributed by atoms with Crippen molar-refractivity contribution in [2.75, 3.05) is 6.61 Å². The van der Waals surface area contributed by atoms with Gasteiger partial charge in [-0.25, -0.2) is 4.39 Å². The number of ether oxygens (including phenoxy) is 2. The number of hydrogen-bond donors (Lipinski definition) is 1. The van der Waals surface area contributed by atoms with E-state index in [9.17, 15) is 9.50 Å². The molecule has 0 spiro atoms. The van der Waals surface area contributed by atoms with E-state index in [0.717, 1.165) is 0 Å². The molecule has 1 N–H and O–H groups in total. The third-order valence-corrected chi connectivity index (χ3v) is 3.42. The quantitative estimate of drug-likeness (QED) is 0.915. The molecule has 0 aromatic heterocycles. The first-order chi connectivity index (χ1) is 9.65. The lowest BCUT2D eigenvalue weighted by Crippen LogP contribution is -2.35. The summed E-state index contributed by atoms with van der Waals surface area (Å²) in [6.07, 6.45) is -1.34. The van der Waals surface area contributed by atoms with Crippen molar-refractivity contribution in [2.45, 2.75) is 19.1 Å². The van der Waals surface area contributed by atoms with E-state index in [1.807, 2.05) is 12.1 Å². The molecular formula is C16H15FO3. The molecule has 0 saturated carbocycles. The van der Waals surface area contributed by atoms with Crippen molar-refractivity contribution in [3.63, 3.8) is 0 Å². The molecule has 3 rings (SSSR count). The summed E-state index contributed by atoms with van der Waals surface area (Å²) in [6.45, 7) is 1.92. The first-order valence-corrected chi connectivity index (χ1v) is 6.48. The van der Waals surface area contributed by atoms with Crippen molar-refractivity contribution in [3.8, 4) is 11.5 Å². The molecule has 104 valence electrons. The molecule has 2 unspecified atom stereocenters. The van der Waals surface area contributed by atoms with Gasteiger partial charge in [-0.1, -0.05) is 24.3 Å². The highest BCUT2D eigenvalue weighted by molar-refractivity contribution is 5.38. The molecule has 0 aliphatic carbocycles. The maximum atomic E-state index is 13.5. The van der Waals surface area contributed by atoms with Gasteiger partial charge >= 0.3 is 0 Å². The summed E-state index contributed by atoms with van der Waals surface area (Å²) >= 11 is 0. The molecule has 20 heavy (non-hydrogen) atoms. The van der Waals surface area contributed by atoms with Crippen molar-refractivity contribution >= 4 is 0 Å². The lowest BCUT2D eigenvalue weighted by atomic mass is 10.0. The van der Waals surface area contributed by atoms with Crippen LogP contribution in [0.15, 0.2) is 42.5 Å². The third-order valence-electron chi connectivity index (χ3n) is 3.42. The van der Waals surface area contributed by atoms with Gasteiger partial charge in [0.25, 0.3) is 0 Å². The second kappa shape index (κ2) is 5.13. The zero-order valence-corrected chi connectivity index (χ0v) is 11.0. The normalized spacial score (nSPS) is 20.9. The van der Waals surface area contributed by atoms with E-state index in [4.69, 9.17) is 9.47 Å². The highest BCUT2D eigenvalue weighted by Crippen LogP contribution is 2.33. The first-order valence-electron chi connectivity index (χ1n) is 6.48. The lowest BCUT2D eigenvalue weighted by Gasteiger charge is -2.30. The summed E-state index contributed by atoms with van der Waals surface area (Å²) in [5.41, 5.74) is 1.25. The topological polar surface area (TPSA) is 38.7 Å². The van der Waals surface area contributed by atoms with E-state index in [-0.39, 0.29) is 12.4 Å². The fourth-order valence-corrected chi connectivity index (χ4v) is 2.24. The minimum Gasteiger partial charge on any atom is -0.489 e. The Morgan fingerprint density at radius 2 is 2.05 bits per heavy atom. The highest BCUT2D eigenvalue weighted by Gasteiger charge is 2.30. The van der Waals surface area contributed by atoms with Crippen LogP contribution in [0.4, 0.5) is 4.39 Å². The average Bonchev–Trinajstić information content (AvgIpc) is 2.46. The van der Waals surface area contributed by atoms with Crippen LogP contribution in [0.25, 0.3) is 0 Å². The molecule has 3 nitrogen and oxygen atoms in total. The maximum Gasteiger partial charge on any atom is 0.163 e. The molecule has 2 aromatic carbocycles. The minimum atomic E-state index is -0.788. The number of aliphatic hydroxyl groups is 1. The second-order valence-electron chi connectivity index (χ2n) is 4.86. The lowest BCUT2D eigenvalue weighted by molar-refractivity contribution is -0.0104. The molecule has 0 amide bonds. The third kappa shape index (κ3) is 2.34. The molecule has 4 heteroatoms. The number of hydrogen-bond acceptors (Lipinski definition) is 3. The number of benzene rings is 2. The van der Waals surface area contributed by atoms with Crippen LogP contribution in [-0.4, -0.2) is 17.8 Å². The average molecular weight is 274 g/mol. The van der Waals surface area contributed by atoms with Crippen LogP contribution in [0.2, 0.25) is 0 Å². The number of halogens is 1. The van der Waals surface area contributed by atoms with Crippen LogP contribution in [0.5, 0.6) is 11.5 Å². The van der Waals surface area contributed by atoms with Gasteiger partial charge in [0.2, 0.25) is 0 Å². The van der Waals surface area contributed by atoms with E-state index < -0.39 is 12.2 Å². The Morgan fingerprint density at radius 3 is 2.85 bits per heavy atom. The van der Waals surface area contributed by atoms with Gasteiger partial charge in [-0.2, -0.15) is 0 Å². The van der Waals surface area contributed by atoms with Crippen molar-refractivity contribution < 1.29 is 19.0 Å². The summed E-state index contributed by atoms with van der Waals surface area (Å²) in [6, 6.07) is 11.9. The molecule has 1 heterocycles. The summed E-state index contributed by atoms with van der Waals surface area (Å²) in [7, 11) is 0. The van der Waals surface area contributed by atoms with Crippen LogP contribution >= 0.6 is 0 Å². The minimum absolute atomic E-state index is 0.230. The Morgan fingerprint density at radius 1 is 1.25 bits per heavy atom. The summed E-state index contributed by atoms with van der Waals surface area (Å²) in [5.74, 6) is 0.726. The Bertz CT molecular complexity index is 627. The Kier molecular flexibility index (Phi) is 3.32. The zero-order chi connectivity index (χ0) is 14.1. The molecule has 0 fully saturated rings. The van der Waals surface area contributed by atoms with Gasteiger partial charge in [0.1, 0.15) is 30.0 Å². The number of aliphatic hydroxyl groups excluding tert-OH is 1. The van der Waals surface area contributed by atoms with Crippen LogP contribution in [0, 0.1) is 12.7 Å². The van der Waals surface area contributed by atoms with E-state index in [1.165, 1.54) is 6.07 Å². The van der Waals surface area contributed by atoms with E-state index in [1.54, 1.807) is 31.2 Å². The smallest absolute Gasteiger partial charge is 0.163 e. The summed E-state index contributed by atoms with van der Waals surface area (Å²) in [4.78, 5) is 0. The van der Waals surface area contributed by atoms with Crippen molar-refractivity contribution in [2.24, 2.45) is 0 Å². The summed E-state index contributed by atoms with van der Waals surface area (Å²) < 4.78 is 24.7.